The number of fused-ring (bicyclic) bond motifs is 10. The topological polar surface area (TPSA) is 43.9 Å². The lowest BCUT2D eigenvalue weighted by Gasteiger charge is -2.13. The Hall–Kier alpha value is -7.08. The first-order chi connectivity index (χ1) is 27.3. The molecular formula is C50H29N3OS. The van der Waals surface area contributed by atoms with Crippen LogP contribution < -0.4 is 0 Å². The normalized spacial score (nSPS) is 12.0. The quantitative estimate of drug-likeness (QED) is 0.182. The summed E-state index contributed by atoms with van der Waals surface area (Å²) in [6.07, 6.45) is 0. The van der Waals surface area contributed by atoms with Crippen LogP contribution >= 0.6 is 11.3 Å². The van der Waals surface area contributed by atoms with Crippen LogP contribution in [0.15, 0.2) is 180 Å². The van der Waals surface area contributed by atoms with Crippen molar-refractivity contribution in [1.82, 2.24) is 14.5 Å². The zero-order chi connectivity index (χ0) is 36.0. The number of nitrogens with zero attached hydrogens (tertiary/aromatic N) is 3. The second-order valence-electron chi connectivity index (χ2n) is 14.1. The van der Waals surface area contributed by atoms with Gasteiger partial charge in [-0.25, -0.2) is 9.97 Å². The minimum Gasteiger partial charge on any atom is -0.452 e. The maximum Gasteiger partial charge on any atom is 0.180 e. The standard InChI is InChI=1S/C50H29N3OS/c1-3-13-30(14-4-1)34-23-26-43-39(28-34)47-48(54-43)46(31-15-5-2-6-16-31)51-50(52-47)37-24-25-41(45-36-20-10-12-22-44(36)55-49(37)45)53-40-21-11-9-19-35(40)38-27-32-17-7-8-18-33(32)29-42(38)53/h1-29H. The molecule has 55 heavy (non-hydrogen) atoms. The highest BCUT2D eigenvalue weighted by atomic mass is 32.1. The van der Waals surface area contributed by atoms with E-state index in [1.54, 1.807) is 11.3 Å². The van der Waals surface area contributed by atoms with E-state index in [1.165, 1.54) is 48.1 Å². The highest BCUT2D eigenvalue weighted by molar-refractivity contribution is 7.26. The molecule has 8 aromatic carbocycles. The van der Waals surface area contributed by atoms with E-state index in [1.807, 2.05) is 24.3 Å². The van der Waals surface area contributed by atoms with Crippen molar-refractivity contribution in [2.75, 3.05) is 0 Å². The molecule has 4 nitrogen and oxygen atoms in total. The van der Waals surface area contributed by atoms with Gasteiger partial charge in [0, 0.05) is 47.5 Å². The van der Waals surface area contributed by atoms with Gasteiger partial charge in [0.25, 0.3) is 0 Å². The Morgan fingerprint density at radius 2 is 1.20 bits per heavy atom. The van der Waals surface area contributed by atoms with Crippen LogP contribution in [0.25, 0.3) is 114 Å². The SMILES string of the molecule is c1ccc(-c2ccc3oc4c(-c5ccccc5)nc(-c5ccc(-n6c7ccccc7c7cc8ccccc8cc76)c6c5sc5ccccc56)nc4c3c2)cc1. The zero-order valence-corrected chi connectivity index (χ0v) is 30.2. The van der Waals surface area contributed by atoms with Gasteiger partial charge in [0.05, 0.1) is 16.7 Å². The van der Waals surface area contributed by atoms with Crippen LogP contribution in [-0.4, -0.2) is 14.5 Å². The monoisotopic (exact) mass is 719 g/mol. The van der Waals surface area contributed by atoms with Crippen molar-refractivity contribution in [1.29, 1.82) is 0 Å². The van der Waals surface area contributed by atoms with Gasteiger partial charge in [-0.15, -0.1) is 11.3 Å². The summed E-state index contributed by atoms with van der Waals surface area (Å²) < 4.78 is 11.4. The summed E-state index contributed by atoms with van der Waals surface area (Å²) >= 11 is 1.80. The maximum atomic E-state index is 6.61. The van der Waals surface area contributed by atoms with Gasteiger partial charge in [-0.05, 0) is 70.4 Å². The van der Waals surface area contributed by atoms with E-state index in [9.17, 15) is 0 Å². The molecule has 0 saturated heterocycles. The molecule has 12 rings (SSSR count). The van der Waals surface area contributed by atoms with Crippen molar-refractivity contribution in [3.05, 3.63) is 176 Å². The molecule has 5 heteroatoms. The van der Waals surface area contributed by atoms with Crippen molar-refractivity contribution >= 4 is 86.2 Å². The van der Waals surface area contributed by atoms with Crippen LogP contribution in [0, 0.1) is 0 Å². The molecule has 0 aliphatic carbocycles. The van der Waals surface area contributed by atoms with Crippen LogP contribution in [0.5, 0.6) is 0 Å². The van der Waals surface area contributed by atoms with Gasteiger partial charge in [-0.2, -0.15) is 0 Å². The van der Waals surface area contributed by atoms with Crippen molar-refractivity contribution in [2.45, 2.75) is 0 Å². The molecule has 0 spiro atoms. The first kappa shape index (κ1) is 30.4. The van der Waals surface area contributed by atoms with Gasteiger partial charge in [-0.3, -0.25) is 0 Å². The van der Waals surface area contributed by atoms with Crippen molar-refractivity contribution in [3.8, 4) is 39.5 Å². The smallest absolute Gasteiger partial charge is 0.180 e. The molecule has 0 atom stereocenters. The van der Waals surface area contributed by atoms with Gasteiger partial charge in [-0.1, -0.05) is 127 Å². The highest BCUT2D eigenvalue weighted by Gasteiger charge is 2.23. The van der Waals surface area contributed by atoms with Crippen LogP contribution in [0.3, 0.4) is 0 Å². The van der Waals surface area contributed by atoms with Crippen LogP contribution in [0.1, 0.15) is 0 Å². The summed E-state index contributed by atoms with van der Waals surface area (Å²) in [6.45, 7) is 0. The second kappa shape index (κ2) is 11.7. The number of aromatic nitrogens is 3. The summed E-state index contributed by atoms with van der Waals surface area (Å²) in [6, 6.07) is 62.5. The number of hydrogen-bond acceptors (Lipinski definition) is 4. The predicted molar refractivity (Wildman–Crippen MR) is 230 cm³/mol. The van der Waals surface area contributed by atoms with E-state index in [-0.39, 0.29) is 0 Å². The number of benzene rings is 8. The molecular weight excluding hydrogens is 691 g/mol. The van der Waals surface area contributed by atoms with Gasteiger partial charge in [0.2, 0.25) is 0 Å². The largest absolute Gasteiger partial charge is 0.452 e. The summed E-state index contributed by atoms with van der Waals surface area (Å²) in [4.78, 5) is 10.8. The lowest BCUT2D eigenvalue weighted by molar-refractivity contribution is 0.667. The Morgan fingerprint density at radius 3 is 2.04 bits per heavy atom. The van der Waals surface area contributed by atoms with Crippen LogP contribution in [0.4, 0.5) is 0 Å². The molecule has 0 saturated carbocycles. The molecule has 0 amide bonds. The molecule has 0 unspecified atom stereocenters. The molecule has 0 fully saturated rings. The van der Waals surface area contributed by atoms with Gasteiger partial charge in [0.15, 0.2) is 11.4 Å². The molecule has 0 aliphatic rings. The maximum absolute atomic E-state index is 6.61. The van der Waals surface area contributed by atoms with Gasteiger partial charge < -0.3 is 8.98 Å². The summed E-state index contributed by atoms with van der Waals surface area (Å²) in [5.74, 6) is 0.676. The molecule has 256 valence electrons. The Balaban J connectivity index is 1.17. The molecule has 0 radical (unpaired) electrons. The number of thiophene rings is 1. The first-order valence-corrected chi connectivity index (χ1v) is 19.3. The average Bonchev–Trinajstić information content (AvgIpc) is 3.92. The van der Waals surface area contributed by atoms with E-state index in [0.717, 1.165) is 54.8 Å². The van der Waals surface area contributed by atoms with Crippen molar-refractivity contribution in [2.24, 2.45) is 0 Å². The zero-order valence-electron chi connectivity index (χ0n) is 29.4. The third-order valence-corrected chi connectivity index (χ3v) is 12.2. The Labute approximate surface area is 319 Å². The van der Waals surface area contributed by atoms with E-state index < -0.39 is 0 Å². The Kier molecular flexibility index (Phi) is 6.47. The summed E-state index contributed by atoms with van der Waals surface area (Å²) in [7, 11) is 0. The highest BCUT2D eigenvalue weighted by Crippen LogP contribution is 2.46. The van der Waals surface area contributed by atoms with Gasteiger partial charge >= 0.3 is 0 Å². The van der Waals surface area contributed by atoms with Crippen molar-refractivity contribution in [3.63, 3.8) is 0 Å². The molecule has 0 aliphatic heterocycles. The number of para-hydroxylation sites is 1. The number of furan rings is 1. The Morgan fingerprint density at radius 1 is 0.491 bits per heavy atom. The van der Waals surface area contributed by atoms with E-state index in [2.05, 4.69) is 156 Å². The van der Waals surface area contributed by atoms with Crippen molar-refractivity contribution < 1.29 is 4.42 Å². The molecule has 0 N–H and O–H groups in total. The lowest BCUT2D eigenvalue weighted by atomic mass is 10.0. The van der Waals surface area contributed by atoms with Crippen LogP contribution in [0.2, 0.25) is 0 Å². The third kappa shape index (κ3) is 4.57. The first-order valence-electron chi connectivity index (χ1n) is 18.5. The predicted octanol–water partition coefficient (Wildman–Crippen LogP) is 14.0. The molecule has 12 aromatic rings. The van der Waals surface area contributed by atoms with E-state index >= 15 is 0 Å². The molecule has 0 bridgehead atoms. The lowest BCUT2D eigenvalue weighted by Crippen LogP contribution is -1.97. The summed E-state index contributed by atoms with van der Waals surface area (Å²) in [5, 5.41) is 8.33. The molecule has 4 aromatic heterocycles. The fourth-order valence-corrected chi connectivity index (χ4v) is 9.69. The minimum absolute atomic E-state index is 0.676. The van der Waals surface area contributed by atoms with E-state index in [4.69, 9.17) is 14.4 Å². The summed E-state index contributed by atoms with van der Waals surface area (Å²) in [5.41, 5.74) is 10.8. The fraction of sp³-hybridized carbons (Fsp3) is 0. The van der Waals surface area contributed by atoms with Crippen LogP contribution in [-0.2, 0) is 0 Å². The number of rotatable bonds is 4. The Bertz CT molecular complexity index is 3490. The fourth-order valence-electron chi connectivity index (χ4n) is 8.45. The number of hydrogen-bond donors (Lipinski definition) is 0. The third-order valence-electron chi connectivity index (χ3n) is 11.0. The van der Waals surface area contributed by atoms with Gasteiger partial charge in [0.1, 0.15) is 16.8 Å². The minimum atomic E-state index is 0.676. The molecule has 4 heterocycles. The second-order valence-corrected chi connectivity index (χ2v) is 15.2. The van der Waals surface area contributed by atoms with E-state index in [0.29, 0.717) is 11.4 Å². The average molecular weight is 720 g/mol.